The maximum Gasteiger partial charge on any atom is 0.258 e. The van der Waals surface area contributed by atoms with Gasteiger partial charge in [-0.1, -0.05) is 19.0 Å². The van der Waals surface area contributed by atoms with E-state index in [1.165, 1.54) is 10.5 Å². The number of aryl methyl sites for hydroxylation is 2. The lowest BCUT2D eigenvalue weighted by atomic mass is 10.2. The smallest absolute Gasteiger partial charge is 0.258 e. The van der Waals surface area contributed by atoms with Crippen molar-refractivity contribution >= 4 is 21.1 Å². The number of sulfonamides is 1. The summed E-state index contributed by atoms with van der Waals surface area (Å²) in [6.07, 6.45) is 5.42. The highest BCUT2D eigenvalue weighted by molar-refractivity contribution is 7.89. The van der Waals surface area contributed by atoms with Gasteiger partial charge in [-0.2, -0.15) is 9.40 Å². The van der Waals surface area contributed by atoms with Crippen LogP contribution in [0.25, 0.3) is 11.1 Å². The maximum absolute atomic E-state index is 12.9. The summed E-state index contributed by atoms with van der Waals surface area (Å²) in [5.74, 6) is 0. The normalized spacial score (nSPS) is 12.3. The predicted octanol–water partition coefficient (Wildman–Crippen LogP) is 1.73. The maximum atomic E-state index is 12.9. The predicted molar refractivity (Wildman–Crippen MR) is 87.7 cm³/mol. The first-order chi connectivity index (χ1) is 11.5. The highest BCUT2D eigenvalue weighted by Gasteiger charge is 2.25. The second-order valence-electron chi connectivity index (χ2n) is 5.46. The third-order valence-electron chi connectivity index (χ3n) is 3.82. The Morgan fingerprint density at radius 1 is 1.29 bits per heavy atom. The average molecular weight is 349 g/mol. The molecule has 0 aromatic carbocycles. The number of hydrogen-bond acceptors (Lipinski definition) is 6. The minimum atomic E-state index is -3.67. The fraction of sp³-hybridized carbons (Fsp3) is 0.400. The summed E-state index contributed by atoms with van der Waals surface area (Å²) in [4.78, 5) is 4.23. The Bertz CT molecular complexity index is 961. The van der Waals surface area contributed by atoms with E-state index in [0.29, 0.717) is 29.8 Å². The molecule has 0 atom stereocenters. The van der Waals surface area contributed by atoms with E-state index in [4.69, 9.17) is 4.52 Å². The van der Waals surface area contributed by atoms with Crippen molar-refractivity contribution in [1.29, 1.82) is 0 Å². The van der Waals surface area contributed by atoms with Gasteiger partial charge in [-0.3, -0.25) is 4.68 Å². The van der Waals surface area contributed by atoms with Gasteiger partial charge >= 0.3 is 0 Å². The zero-order chi connectivity index (χ0) is 17.3. The Balaban J connectivity index is 1.98. The third kappa shape index (κ3) is 2.92. The zero-order valence-electron chi connectivity index (χ0n) is 13.8. The molecule has 0 aliphatic rings. The van der Waals surface area contributed by atoms with Crippen LogP contribution in [0.4, 0.5) is 0 Å². The fourth-order valence-corrected chi connectivity index (χ4v) is 3.94. The molecule has 9 heteroatoms. The first kappa shape index (κ1) is 16.6. The lowest BCUT2D eigenvalue weighted by Gasteiger charge is -2.19. The summed E-state index contributed by atoms with van der Waals surface area (Å²) in [7, 11) is -1.87. The van der Waals surface area contributed by atoms with E-state index in [0.717, 1.165) is 5.56 Å². The van der Waals surface area contributed by atoms with Crippen LogP contribution >= 0.6 is 0 Å². The highest BCUT2D eigenvalue weighted by atomic mass is 32.2. The Hall–Kier alpha value is -2.26. The van der Waals surface area contributed by atoms with Crippen molar-refractivity contribution < 1.29 is 12.9 Å². The van der Waals surface area contributed by atoms with E-state index in [1.54, 1.807) is 37.1 Å². The number of pyridine rings is 1. The van der Waals surface area contributed by atoms with Gasteiger partial charge < -0.3 is 4.52 Å². The van der Waals surface area contributed by atoms with E-state index in [1.807, 2.05) is 6.92 Å². The molecule has 0 spiro atoms. The Morgan fingerprint density at radius 2 is 2.08 bits per heavy atom. The summed E-state index contributed by atoms with van der Waals surface area (Å²) in [5, 5.41) is 8.63. The largest absolute Gasteiger partial charge is 0.336 e. The van der Waals surface area contributed by atoms with Gasteiger partial charge in [0.25, 0.3) is 5.71 Å². The van der Waals surface area contributed by atoms with Crippen LogP contribution in [0, 0.1) is 0 Å². The van der Waals surface area contributed by atoms with Gasteiger partial charge in [-0.25, -0.2) is 13.4 Å². The molecule has 0 unspecified atom stereocenters. The van der Waals surface area contributed by atoms with Crippen molar-refractivity contribution in [2.45, 2.75) is 31.7 Å². The van der Waals surface area contributed by atoms with Crippen LogP contribution in [0.1, 0.15) is 25.1 Å². The number of rotatable bonds is 6. The van der Waals surface area contributed by atoms with Crippen LogP contribution in [0.15, 0.2) is 34.1 Å². The van der Waals surface area contributed by atoms with Gasteiger partial charge in [0.05, 0.1) is 23.5 Å². The topological polar surface area (TPSA) is 94.1 Å². The van der Waals surface area contributed by atoms with E-state index in [9.17, 15) is 8.42 Å². The molecule has 0 N–H and O–H groups in total. The number of aromatic nitrogens is 4. The molecule has 8 nitrogen and oxygen atoms in total. The summed E-state index contributed by atoms with van der Waals surface area (Å²) in [6.45, 7) is 4.34. The molecule has 3 aromatic heterocycles. The van der Waals surface area contributed by atoms with Crippen molar-refractivity contribution in [3.8, 4) is 0 Å². The molecule has 24 heavy (non-hydrogen) atoms. The first-order valence-corrected chi connectivity index (χ1v) is 9.11. The van der Waals surface area contributed by atoms with Crippen molar-refractivity contribution in [3.63, 3.8) is 0 Å². The zero-order valence-corrected chi connectivity index (χ0v) is 14.6. The second kappa shape index (κ2) is 6.33. The van der Waals surface area contributed by atoms with Gasteiger partial charge in [-0.15, -0.1) is 0 Å². The molecule has 3 aromatic rings. The van der Waals surface area contributed by atoms with Gasteiger partial charge in [0.15, 0.2) is 0 Å². The molecule has 0 amide bonds. The van der Waals surface area contributed by atoms with Gasteiger partial charge in [0.2, 0.25) is 10.0 Å². The van der Waals surface area contributed by atoms with E-state index in [2.05, 4.69) is 15.2 Å². The molecule has 128 valence electrons. The number of nitrogens with zero attached hydrogens (tertiary/aromatic N) is 5. The fourth-order valence-electron chi connectivity index (χ4n) is 2.53. The summed E-state index contributed by atoms with van der Waals surface area (Å²) < 4.78 is 34.0. The van der Waals surface area contributed by atoms with Crippen LogP contribution in [0.3, 0.4) is 0 Å². The molecule has 0 saturated carbocycles. The van der Waals surface area contributed by atoms with Crippen molar-refractivity contribution in [3.05, 3.63) is 35.9 Å². The van der Waals surface area contributed by atoms with Crippen LogP contribution in [-0.2, 0) is 30.0 Å². The summed E-state index contributed by atoms with van der Waals surface area (Å²) in [6, 6.07) is 1.58. The van der Waals surface area contributed by atoms with Crippen LogP contribution in [-0.4, -0.2) is 39.2 Å². The van der Waals surface area contributed by atoms with Crippen LogP contribution in [0.2, 0.25) is 0 Å². The SMILES string of the molecule is CCc1noc2ncc(S(=O)(=O)N(CC)Cc3cnn(C)c3)cc12. The first-order valence-electron chi connectivity index (χ1n) is 7.67. The molecule has 0 radical (unpaired) electrons. The Labute approximate surface area is 140 Å². The quantitative estimate of drug-likeness (QED) is 0.673. The molecule has 0 aliphatic carbocycles. The summed E-state index contributed by atoms with van der Waals surface area (Å²) in [5.41, 5.74) is 1.88. The molecule has 0 saturated heterocycles. The van der Waals surface area contributed by atoms with E-state index >= 15 is 0 Å². The minimum Gasteiger partial charge on any atom is -0.336 e. The standard InChI is InChI=1S/C15H19N5O3S/c1-4-14-13-6-12(8-16-15(13)23-18-14)24(21,22)20(5-2)10-11-7-17-19(3)9-11/h6-9H,4-5,10H2,1-3H3. The molecule has 0 fully saturated rings. The van der Waals surface area contributed by atoms with E-state index < -0.39 is 10.0 Å². The summed E-state index contributed by atoms with van der Waals surface area (Å²) >= 11 is 0. The van der Waals surface area contributed by atoms with Gasteiger partial charge in [0.1, 0.15) is 4.90 Å². The molecule has 3 heterocycles. The lowest BCUT2D eigenvalue weighted by Crippen LogP contribution is -2.30. The van der Waals surface area contributed by atoms with Gasteiger partial charge in [-0.05, 0) is 12.5 Å². The lowest BCUT2D eigenvalue weighted by molar-refractivity contribution is 0.423. The molecule has 0 aliphatic heterocycles. The number of hydrogen-bond donors (Lipinski definition) is 0. The minimum absolute atomic E-state index is 0.138. The monoisotopic (exact) mass is 349 g/mol. The number of fused-ring (bicyclic) bond motifs is 1. The van der Waals surface area contributed by atoms with Crippen molar-refractivity contribution in [2.24, 2.45) is 7.05 Å². The Morgan fingerprint density at radius 3 is 2.71 bits per heavy atom. The van der Waals surface area contributed by atoms with E-state index in [-0.39, 0.29) is 11.4 Å². The van der Waals surface area contributed by atoms with Crippen molar-refractivity contribution in [1.82, 2.24) is 24.2 Å². The molecule has 0 bridgehead atoms. The third-order valence-corrected chi connectivity index (χ3v) is 5.71. The average Bonchev–Trinajstić information content (AvgIpc) is 3.17. The van der Waals surface area contributed by atoms with Gasteiger partial charge in [0, 0.05) is 31.9 Å². The van der Waals surface area contributed by atoms with Crippen LogP contribution in [0.5, 0.6) is 0 Å². The highest BCUT2D eigenvalue weighted by Crippen LogP contribution is 2.23. The molecular formula is C15H19N5O3S. The van der Waals surface area contributed by atoms with Crippen LogP contribution < -0.4 is 0 Å². The Kier molecular flexibility index (Phi) is 4.37. The second-order valence-corrected chi connectivity index (χ2v) is 7.40. The molecule has 3 rings (SSSR count). The molecular weight excluding hydrogens is 330 g/mol. The van der Waals surface area contributed by atoms with Crippen molar-refractivity contribution in [2.75, 3.05) is 6.54 Å².